The first kappa shape index (κ1) is 33.8. The van der Waals surface area contributed by atoms with Crippen molar-refractivity contribution < 1.29 is 38.5 Å². The van der Waals surface area contributed by atoms with E-state index in [-0.39, 0.29) is 31.4 Å². The maximum Gasteiger partial charge on any atom is 0.408 e. The Hall–Kier alpha value is -4.06. The number of amides is 3. The van der Waals surface area contributed by atoms with Crippen LogP contribution in [0.1, 0.15) is 77.6 Å². The van der Waals surface area contributed by atoms with Crippen molar-refractivity contribution in [1.29, 1.82) is 0 Å². The molecule has 48 heavy (non-hydrogen) atoms. The fourth-order valence-electron chi connectivity index (χ4n) is 7.14. The third kappa shape index (κ3) is 7.33. The lowest BCUT2D eigenvalue weighted by atomic mass is 10.0. The van der Waals surface area contributed by atoms with E-state index in [0.29, 0.717) is 47.0 Å². The molecule has 0 spiro atoms. The second kappa shape index (κ2) is 14.6. The number of rotatable bonds is 7. The number of hydrogen-bond acceptors (Lipinski definition) is 8. The molecule has 2 aliphatic heterocycles. The molecular weight excluding hydrogens is 640 g/mol. The van der Waals surface area contributed by atoms with Crippen LogP contribution in [0.5, 0.6) is 11.6 Å². The number of alkyl carbamates (subject to hydrolysis) is 1. The number of halogens is 1. The summed E-state index contributed by atoms with van der Waals surface area (Å²) in [5, 5.41) is 16.8. The first-order chi connectivity index (χ1) is 23.2. The van der Waals surface area contributed by atoms with Crippen molar-refractivity contribution in [3.8, 4) is 11.6 Å². The van der Waals surface area contributed by atoms with E-state index in [0.717, 1.165) is 44.9 Å². The van der Waals surface area contributed by atoms with Crippen LogP contribution in [0.3, 0.4) is 0 Å². The number of carbonyl (C=O) groups is 4. The molecule has 2 saturated carbocycles. The molecule has 0 radical (unpaired) electrons. The highest BCUT2D eigenvalue weighted by atomic mass is 35.5. The highest BCUT2D eigenvalue weighted by molar-refractivity contribution is 6.35. The SMILES string of the molecule is CCOc1cc(O[C@@H]2C[C@H]3C(=O)N[C@]4(C(=O)O)C[C@@H]4/C=C\CCCCC[C@H](NC(=O)OC4CCCC4)C(=O)N3C2)c2cccc(Cl)c2n1. The van der Waals surface area contributed by atoms with E-state index in [4.69, 9.17) is 25.8 Å². The zero-order valence-electron chi connectivity index (χ0n) is 27.1. The molecule has 3 amide bonds. The minimum Gasteiger partial charge on any atom is -0.488 e. The molecule has 0 unspecified atom stereocenters. The monoisotopic (exact) mass is 682 g/mol. The fourth-order valence-corrected chi connectivity index (χ4v) is 7.36. The molecule has 1 aromatic carbocycles. The van der Waals surface area contributed by atoms with Crippen molar-refractivity contribution in [2.75, 3.05) is 13.2 Å². The number of aliphatic carboxylic acids is 1. The smallest absolute Gasteiger partial charge is 0.408 e. The number of fused-ring (bicyclic) bond motifs is 3. The average molecular weight is 683 g/mol. The summed E-state index contributed by atoms with van der Waals surface area (Å²) in [5.74, 6) is -1.73. The second-order valence-corrected chi connectivity index (χ2v) is 13.6. The third-order valence-corrected chi connectivity index (χ3v) is 10.1. The highest BCUT2D eigenvalue weighted by Gasteiger charge is 2.61. The normalized spacial score (nSPS) is 28.8. The summed E-state index contributed by atoms with van der Waals surface area (Å²) >= 11 is 6.47. The van der Waals surface area contributed by atoms with Crippen LogP contribution >= 0.6 is 11.6 Å². The van der Waals surface area contributed by atoms with E-state index in [1.165, 1.54) is 4.90 Å². The first-order valence-electron chi connectivity index (χ1n) is 17.1. The van der Waals surface area contributed by atoms with Gasteiger partial charge in [-0.15, -0.1) is 0 Å². The van der Waals surface area contributed by atoms with Crippen LogP contribution < -0.4 is 20.1 Å². The number of carbonyl (C=O) groups excluding carboxylic acids is 3. The van der Waals surface area contributed by atoms with Gasteiger partial charge in [0.25, 0.3) is 0 Å². The topological polar surface area (TPSA) is 156 Å². The Bertz CT molecular complexity index is 1580. The number of nitrogens with one attached hydrogen (secondary N) is 2. The summed E-state index contributed by atoms with van der Waals surface area (Å²) in [7, 11) is 0. The molecule has 2 aromatic rings. The van der Waals surface area contributed by atoms with E-state index >= 15 is 0 Å². The molecule has 5 atom stereocenters. The molecule has 3 heterocycles. The molecule has 2 aliphatic carbocycles. The third-order valence-electron chi connectivity index (χ3n) is 9.80. The Labute approximate surface area is 284 Å². The van der Waals surface area contributed by atoms with Gasteiger partial charge in [0.05, 0.1) is 23.7 Å². The number of para-hydroxylation sites is 1. The molecule has 258 valence electrons. The predicted octanol–water partition coefficient (Wildman–Crippen LogP) is 5.15. The Morgan fingerprint density at radius 1 is 1.12 bits per heavy atom. The Morgan fingerprint density at radius 2 is 1.92 bits per heavy atom. The lowest BCUT2D eigenvalue weighted by molar-refractivity contribution is -0.145. The highest BCUT2D eigenvalue weighted by Crippen LogP contribution is 2.45. The standard InChI is InChI=1S/C35H43ClN4O8/c1-2-46-29-18-28(24-14-10-15-25(36)30(24)38-29)47-23-17-27-31(41)39-35(33(43)44)19-21(35)11-6-4-3-5-7-16-26(32(42)40(27)20-23)37-34(45)48-22-12-8-9-13-22/h6,10-11,14-15,18,21-23,26-27H,2-5,7-9,12-13,16-17,19-20H2,1H3,(H,37,45)(H,39,41)(H,43,44)/b11-6-/t21-,23+,26-,27-,35+/m0/s1. The van der Waals surface area contributed by atoms with Crippen molar-refractivity contribution in [3.05, 3.63) is 41.4 Å². The molecule has 4 aliphatic rings. The number of benzene rings is 1. The summed E-state index contributed by atoms with van der Waals surface area (Å²) in [4.78, 5) is 59.7. The Kier molecular flexibility index (Phi) is 10.3. The quantitative estimate of drug-likeness (QED) is 0.336. The van der Waals surface area contributed by atoms with Crippen molar-refractivity contribution >= 4 is 46.4 Å². The van der Waals surface area contributed by atoms with Gasteiger partial charge in [-0.1, -0.05) is 42.7 Å². The average Bonchev–Trinajstić information content (AvgIpc) is 3.34. The van der Waals surface area contributed by atoms with Crippen LogP contribution in [0.15, 0.2) is 36.4 Å². The van der Waals surface area contributed by atoms with Gasteiger partial charge in [-0.3, -0.25) is 9.59 Å². The maximum atomic E-state index is 14.3. The summed E-state index contributed by atoms with van der Waals surface area (Å²) in [6, 6.07) is 5.01. The zero-order chi connectivity index (χ0) is 33.8. The second-order valence-electron chi connectivity index (χ2n) is 13.2. The lowest BCUT2D eigenvalue weighted by Gasteiger charge is -2.29. The van der Waals surface area contributed by atoms with Gasteiger partial charge in [0.2, 0.25) is 17.7 Å². The van der Waals surface area contributed by atoms with E-state index in [2.05, 4.69) is 15.6 Å². The summed E-state index contributed by atoms with van der Waals surface area (Å²) in [6.07, 6.45) is 9.74. The minimum absolute atomic E-state index is 0.0323. The molecule has 3 N–H and O–H groups in total. The van der Waals surface area contributed by atoms with E-state index < -0.39 is 47.6 Å². The number of aromatic nitrogens is 1. The van der Waals surface area contributed by atoms with Crippen LogP contribution in [-0.4, -0.2) is 81.8 Å². The van der Waals surface area contributed by atoms with Crippen molar-refractivity contribution in [3.63, 3.8) is 0 Å². The van der Waals surface area contributed by atoms with E-state index in [9.17, 15) is 24.3 Å². The van der Waals surface area contributed by atoms with Gasteiger partial charge < -0.3 is 34.9 Å². The van der Waals surface area contributed by atoms with Crippen LogP contribution in [0, 0.1) is 5.92 Å². The molecular formula is C35H43ClN4O8. The first-order valence-corrected chi connectivity index (χ1v) is 17.4. The molecule has 0 bridgehead atoms. The minimum atomic E-state index is -1.44. The molecule has 12 nitrogen and oxygen atoms in total. The number of nitrogens with zero attached hydrogens (tertiary/aromatic N) is 2. The number of pyridine rings is 1. The maximum absolute atomic E-state index is 14.3. The molecule has 3 fully saturated rings. The van der Waals surface area contributed by atoms with Gasteiger partial charge in [0.15, 0.2) is 0 Å². The van der Waals surface area contributed by atoms with Gasteiger partial charge in [0.1, 0.15) is 35.6 Å². The van der Waals surface area contributed by atoms with Crippen LogP contribution in [-0.2, 0) is 19.1 Å². The lowest BCUT2D eigenvalue weighted by Crippen LogP contribution is -2.56. The van der Waals surface area contributed by atoms with Gasteiger partial charge in [-0.25, -0.2) is 14.6 Å². The fraction of sp³-hybridized carbons (Fsp3) is 0.571. The Balaban J connectivity index is 1.30. The number of ether oxygens (including phenoxy) is 3. The molecule has 1 saturated heterocycles. The van der Waals surface area contributed by atoms with Crippen LogP contribution in [0.4, 0.5) is 4.79 Å². The Morgan fingerprint density at radius 3 is 2.69 bits per heavy atom. The summed E-state index contributed by atoms with van der Waals surface area (Å²) < 4.78 is 17.8. The number of carboxylic acid groups (broad SMARTS) is 1. The van der Waals surface area contributed by atoms with E-state index in [1.54, 1.807) is 18.2 Å². The zero-order valence-corrected chi connectivity index (χ0v) is 27.9. The molecule has 1 aromatic heterocycles. The molecule has 6 rings (SSSR count). The number of allylic oxidation sites excluding steroid dienone is 1. The number of hydrogen-bond donors (Lipinski definition) is 3. The van der Waals surface area contributed by atoms with Gasteiger partial charge in [0, 0.05) is 23.8 Å². The summed E-state index contributed by atoms with van der Waals surface area (Å²) in [6.45, 7) is 2.24. The largest absolute Gasteiger partial charge is 0.488 e. The van der Waals surface area contributed by atoms with Gasteiger partial charge in [-0.2, -0.15) is 0 Å². The summed E-state index contributed by atoms with van der Waals surface area (Å²) in [5.41, 5.74) is -0.947. The van der Waals surface area contributed by atoms with Gasteiger partial charge >= 0.3 is 12.1 Å². The van der Waals surface area contributed by atoms with Gasteiger partial charge in [-0.05, 0) is 70.4 Å². The van der Waals surface area contributed by atoms with Crippen molar-refractivity contribution in [2.45, 2.75) is 107 Å². The predicted molar refractivity (Wildman–Crippen MR) is 177 cm³/mol. The van der Waals surface area contributed by atoms with E-state index in [1.807, 2.05) is 25.1 Å². The van der Waals surface area contributed by atoms with Crippen LogP contribution in [0.25, 0.3) is 10.9 Å². The van der Waals surface area contributed by atoms with Crippen molar-refractivity contribution in [2.24, 2.45) is 5.92 Å². The number of carboxylic acids is 1. The van der Waals surface area contributed by atoms with Crippen LogP contribution in [0.2, 0.25) is 5.02 Å². The molecule has 13 heteroatoms. The van der Waals surface area contributed by atoms with Crippen molar-refractivity contribution in [1.82, 2.24) is 20.5 Å².